The summed E-state index contributed by atoms with van der Waals surface area (Å²) in [6.07, 6.45) is 0. The van der Waals surface area contributed by atoms with Crippen LogP contribution in [0.3, 0.4) is 0 Å². The molecule has 0 aliphatic carbocycles. The molecule has 0 saturated carbocycles. The summed E-state index contributed by atoms with van der Waals surface area (Å²) in [6, 6.07) is -0.715. The number of hydrogen-bond acceptors (Lipinski definition) is 6. The quantitative estimate of drug-likeness (QED) is 0.507. The van der Waals surface area contributed by atoms with E-state index in [0.29, 0.717) is 13.1 Å². The van der Waals surface area contributed by atoms with Gasteiger partial charge in [0, 0.05) is 39.3 Å². The van der Waals surface area contributed by atoms with Gasteiger partial charge in [-0.15, -0.1) is 24.8 Å². The SMILES string of the molecule is C.CN1CCN(C)[C@@H](C(=O)O)C1.Cl.Cl.O=C(O)[C@H]1CNCCN1. The van der Waals surface area contributed by atoms with Crippen molar-refractivity contribution >= 4 is 36.8 Å². The topological polar surface area (TPSA) is 105 Å². The number of carboxylic acids is 2. The van der Waals surface area contributed by atoms with E-state index in [1.807, 2.05) is 23.9 Å². The van der Waals surface area contributed by atoms with E-state index in [2.05, 4.69) is 10.6 Å². The molecule has 2 fully saturated rings. The molecule has 2 aliphatic rings. The zero-order chi connectivity index (χ0) is 15.1. The van der Waals surface area contributed by atoms with Gasteiger partial charge in [-0.05, 0) is 14.1 Å². The minimum Gasteiger partial charge on any atom is -0.480 e. The van der Waals surface area contributed by atoms with Crippen LogP contribution in [-0.2, 0) is 9.59 Å². The first-order valence-electron chi connectivity index (χ1n) is 6.70. The molecule has 0 spiro atoms. The van der Waals surface area contributed by atoms with E-state index in [1.165, 1.54) is 0 Å². The van der Waals surface area contributed by atoms with Gasteiger partial charge in [-0.2, -0.15) is 0 Å². The fourth-order valence-electron chi connectivity index (χ4n) is 2.10. The Morgan fingerprint density at radius 1 is 1.04 bits per heavy atom. The van der Waals surface area contributed by atoms with Crippen molar-refractivity contribution in [2.75, 3.05) is 53.4 Å². The number of carboxylic acid groups (broad SMARTS) is 2. The smallest absolute Gasteiger partial charge is 0.322 e. The summed E-state index contributed by atoms with van der Waals surface area (Å²) in [5.41, 5.74) is 0. The predicted molar refractivity (Wildman–Crippen MR) is 95.1 cm³/mol. The van der Waals surface area contributed by atoms with Crippen molar-refractivity contribution in [3.05, 3.63) is 0 Å². The van der Waals surface area contributed by atoms with Crippen molar-refractivity contribution in [3.8, 4) is 0 Å². The molecule has 23 heavy (non-hydrogen) atoms. The summed E-state index contributed by atoms with van der Waals surface area (Å²) in [7, 11) is 3.80. The van der Waals surface area contributed by atoms with Gasteiger partial charge in [-0.1, -0.05) is 7.43 Å². The van der Waals surface area contributed by atoms with Crippen LogP contribution in [0.1, 0.15) is 7.43 Å². The Bertz CT molecular complexity index is 344. The van der Waals surface area contributed by atoms with Crippen molar-refractivity contribution in [1.29, 1.82) is 0 Å². The number of halogens is 2. The normalized spacial score (nSPS) is 24.6. The summed E-state index contributed by atoms with van der Waals surface area (Å²) in [4.78, 5) is 24.8. The van der Waals surface area contributed by atoms with Gasteiger partial charge < -0.3 is 25.7 Å². The first-order chi connectivity index (χ1) is 9.41. The van der Waals surface area contributed by atoms with Gasteiger partial charge in [0.2, 0.25) is 0 Å². The first kappa shape index (κ1) is 27.2. The average Bonchev–Trinajstić information content (AvgIpc) is 2.43. The average molecular weight is 377 g/mol. The number of carbonyl (C=O) groups is 2. The molecule has 4 N–H and O–H groups in total. The van der Waals surface area contributed by atoms with Crippen LogP contribution in [0.4, 0.5) is 0 Å². The molecular weight excluding hydrogens is 347 g/mol. The molecule has 10 heteroatoms. The van der Waals surface area contributed by atoms with Gasteiger partial charge in [0.15, 0.2) is 0 Å². The lowest BCUT2D eigenvalue weighted by Crippen LogP contribution is -2.53. The lowest BCUT2D eigenvalue weighted by molar-refractivity contribution is -0.144. The van der Waals surface area contributed by atoms with Crippen molar-refractivity contribution < 1.29 is 19.8 Å². The Kier molecular flexibility index (Phi) is 16.3. The number of rotatable bonds is 2. The highest BCUT2D eigenvalue weighted by atomic mass is 35.5. The van der Waals surface area contributed by atoms with Crippen LogP contribution in [0.2, 0.25) is 0 Å². The third kappa shape index (κ3) is 9.95. The van der Waals surface area contributed by atoms with Crippen LogP contribution >= 0.6 is 24.8 Å². The van der Waals surface area contributed by atoms with E-state index in [9.17, 15) is 9.59 Å². The highest BCUT2D eigenvalue weighted by Crippen LogP contribution is 2.05. The number of piperazine rings is 2. The number of nitrogens with one attached hydrogen (secondary N) is 2. The van der Waals surface area contributed by atoms with Crippen molar-refractivity contribution in [2.45, 2.75) is 19.5 Å². The van der Waals surface area contributed by atoms with Crippen molar-refractivity contribution in [3.63, 3.8) is 0 Å². The minimum atomic E-state index is -0.776. The van der Waals surface area contributed by atoms with Crippen LogP contribution in [0.5, 0.6) is 0 Å². The highest BCUT2D eigenvalue weighted by Gasteiger charge is 2.27. The number of aliphatic carboxylic acids is 2. The number of likely N-dealkylation sites (N-methyl/N-ethyl adjacent to an activating group) is 2. The molecule has 0 aromatic carbocycles. The maximum Gasteiger partial charge on any atom is 0.322 e. The second kappa shape index (κ2) is 13.8. The Morgan fingerprint density at radius 2 is 1.65 bits per heavy atom. The summed E-state index contributed by atoms with van der Waals surface area (Å²) < 4.78 is 0. The number of nitrogens with zero attached hydrogens (tertiary/aromatic N) is 2. The molecule has 2 heterocycles. The predicted octanol–water partition coefficient (Wildman–Crippen LogP) is -0.571. The second-order valence-electron chi connectivity index (χ2n) is 5.15. The lowest BCUT2D eigenvalue weighted by atomic mass is 10.2. The Balaban J connectivity index is -0.000000312. The monoisotopic (exact) mass is 376 g/mol. The summed E-state index contributed by atoms with van der Waals surface area (Å²) in [5, 5.41) is 23.0. The fourth-order valence-corrected chi connectivity index (χ4v) is 2.10. The van der Waals surface area contributed by atoms with Crippen LogP contribution in [0.25, 0.3) is 0 Å². The molecule has 2 rings (SSSR count). The lowest BCUT2D eigenvalue weighted by Gasteiger charge is -2.34. The van der Waals surface area contributed by atoms with Gasteiger partial charge in [-0.3, -0.25) is 14.5 Å². The fraction of sp³-hybridized carbons (Fsp3) is 0.846. The van der Waals surface area contributed by atoms with Crippen molar-refractivity contribution in [1.82, 2.24) is 20.4 Å². The van der Waals surface area contributed by atoms with Gasteiger partial charge in [0.05, 0.1) is 0 Å². The van der Waals surface area contributed by atoms with E-state index in [0.717, 1.165) is 26.2 Å². The minimum absolute atomic E-state index is 0. The largest absolute Gasteiger partial charge is 0.480 e. The van der Waals surface area contributed by atoms with Gasteiger partial charge in [0.1, 0.15) is 12.1 Å². The summed E-state index contributed by atoms with van der Waals surface area (Å²) >= 11 is 0. The molecule has 2 aliphatic heterocycles. The van der Waals surface area contributed by atoms with Gasteiger partial charge in [0.25, 0.3) is 0 Å². The zero-order valence-electron chi connectivity index (χ0n) is 12.8. The summed E-state index contributed by atoms with van der Waals surface area (Å²) in [6.45, 7) is 4.58. The molecular formula is C13H30Cl2N4O4. The molecule has 2 atom stereocenters. The van der Waals surface area contributed by atoms with E-state index in [-0.39, 0.29) is 38.3 Å². The van der Waals surface area contributed by atoms with E-state index in [1.54, 1.807) is 0 Å². The molecule has 0 unspecified atom stereocenters. The molecule has 140 valence electrons. The van der Waals surface area contributed by atoms with Crippen LogP contribution < -0.4 is 10.6 Å². The molecule has 0 radical (unpaired) electrons. The van der Waals surface area contributed by atoms with Crippen LogP contribution in [0.15, 0.2) is 0 Å². The second-order valence-corrected chi connectivity index (χ2v) is 5.15. The molecule has 0 bridgehead atoms. The third-order valence-electron chi connectivity index (χ3n) is 3.48. The molecule has 2 saturated heterocycles. The number of hydrogen-bond donors (Lipinski definition) is 4. The van der Waals surface area contributed by atoms with Crippen molar-refractivity contribution in [2.24, 2.45) is 0 Å². The van der Waals surface area contributed by atoms with Gasteiger partial charge in [-0.25, -0.2) is 0 Å². The van der Waals surface area contributed by atoms with E-state index < -0.39 is 18.0 Å². The van der Waals surface area contributed by atoms with Gasteiger partial charge >= 0.3 is 11.9 Å². The molecule has 0 aromatic heterocycles. The Labute approximate surface area is 150 Å². The molecule has 0 aromatic rings. The third-order valence-corrected chi connectivity index (χ3v) is 3.48. The Hall–Kier alpha value is -0.640. The van der Waals surface area contributed by atoms with E-state index in [4.69, 9.17) is 10.2 Å². The molecule has 0 amide bonds. The van der Waals surface area contributed by atoms with Crippen LogP contribution in [-0.4, -0.2) is 97.4 Å². The van der Waals surface area contributed by atoms with Crippen LogP contribution in [0, 0.1) is 0 Å². The first-order valence-corrected chi connectivity index (χ1v) is 6.70. The standard InChI is InChI=1S/C7H14N2O2.C5H10N2O2.CH4.2ClH/c1-8-3-4-9(2)6(5-8)7(10)11;8-5(9)4-3-6-1-2-7-4;;;/h6H,3-5H2,1-2H3,(H,10,11);4,6-7H,1-3H2,(H,8,9);1H4;2*1H/t6-;4-;;;/m11.../s1. The highest BCUT2D eigenvalue weighted by molar-refractivity contribution is 5.85. The maximum absolute atomic E-state index is 10.6. The summed E-state index contributed by atoms with van der Waals surface area (Å²) in [5.74, 6) is -1.50. The Morgan fingerprint density at radius 3 is 2.00 bits per heavy atom. The zero-order valence-corrected chi connectivity index (χ0v) is 14.5. The molecule has 8 nitrogen and oxygen atoms in total. The maximum atomic E-state index is 10.6. The van der Waals surface area contributed by atoms with E-state index >= 15 is 0 Å².